The van der Waals surface area contributed by atoms with Gasteiger partial charge in [0, 0.05) is 25.4 Å². The molecule has 1 atom stereocenters. The summed E-state index contributed by atoms with van der Waals surface area (Å²) in [7, 11) is 0. The van der Waals surface area contributed by atoms with Gasteiger partial charge in [-0.05, 0) is 54.4 Å². The number of likely N-dealkylation sites (tertiary alicyclic amines) is 1. The van der Waals surface area contributed by atoms with Crippen molar-refractivity contribution >= 4 is 18.0 Å². The van der Waals surface area contributed by atoms with Gasteiger partial charge in [-0.25, -0.2) is 9.59 Å². The fourth-order valence-corrected chi connectivity index (χ4v) is 5.54. The molecule has 0 radical (unpaired) electrons. The van der Waals surface area contributed by atoms with Gasteiger partial charge < -0.3 is 20.1 Å². The highest BCUT2D eigenvalue weighted by Crippen LogP contribution is 2.44. The Hall–Kier alpha value is -3.35. The zero-order valence-corrected chi connectivity index (χ0v) is 20.3. The number of aliphatic carboxylic acids is 1. The van der Waals surface area contributed by atoms with Crippen LogP contribution in [0.3, 0.4) is 0 Å². The first kappa shape index (κ1) is 24.8. The van der Waals surface area contributed by atoms with E-state index in [1.807, 2.05) is 31.2 Å². The van der Waals surface area contributed by atoms with Crippen LogP contribution in [0, 0.1) is 0 Å². The smallest absolute Gasteiger partial charge is 0.407 e. The number of carbonyl (C=O) groups excluding carboxylic acids is 2. The van der Waals surface area contributed by atoms with Gasteiger partial charge in [-0.1, -0.05) is 61.9 Å². The first-order valence-corrected chi connectivity index (χ1v) is 12.6. The Labute approximate surface area is 206 Å². The molecule has 2 aromatic carbocycles. The largest absolute Gasteiger partial charge is 0.479 e. The number of fused-ring (bicyclic) bond motifs is 3. The summed E-state index contributed by atoms with van der Waals surface area (Å²) in [6, 6.07) is 16.5. The highest BCUT2D eigenvalue weighted by atomic mass is 16.5. The molecule has 1 unspecified atom stereocenters. The van der Waals surface area contributed by atoms with Gasteiger partial charge in [0.25, 0.3) is 0 Å². The molecule has 2 aliphatic rings. The molecule has 0 bridgehead atoms. The van der Waals surface area contributed by atoms with Crippen LogP contribution in [-0.2, 0) is 14.3 Å². The van der Waals surface area contributed by atoms with Gasteiger partial charge in [0.2, 0.25) is 5.91 Å². The van der Waals surface area contributed by atoms with Gasteiger partial charge >= 0.3 is 12.1 Å². The summed E-state index contributed by atoms with van der Waals surface area (Å²) in [5.74, 6) is -0.958. The molecule has 0 saturated carbocycles. The summed E-state index contributed by atoms with van der Waals surface area (Å²) in [5, 5.41) is 12.4. The molecule has 2 aromatic rings. The van der Waals surface area contributed by atoms with Gasteiger partial charge in [0.1, 0.15) is 12.1 Å². The lowest BCUT2D eigenvalue weighted by Gasteiger charge is -2.34. The van der Waals surface area contributed by atoms with Gasteiger partial charge in [-0.15, -0.1) is 0 Å². The topological polar surface area (TPSA) is 95.9 Å². The fourth-order valence-electron chi connectivity index (χ4n) is 5.54. The highest BCUT2D eigenvalue weighted by molar-refractivity contribution is 5.87. The first-order valence-electron chi connectivity index (χ1n) is 12.6. The SMILES string of the molecule is CCC1(C(=O)O)CCCN1C(=O)CCCCCNC(=O)OCC1c2ccccc2-c2ccccc21. The molecule has 1 aliphatic carbocycles. The van der Waals surface area contributed by atoms with Gasteiger partial charge in [0.05, 0.1) is 0 Å². The summed E-state index contributed by atoms with van der Waals surface area (Å²) in [4.78, 5) is 38.2. The van der Waals surface area contributed by atoms with Crippen LogP contribution in [0.4, 0.5) is 4.79 Å². The molecule has 1 aliphatic heterocycles. The second-order valence-electron chi connectivity index (χ2n) is 9.40. The number of ether oxygens (including phenoxy) is 1. The van der Waals surface area contributed by atoms with Crippen molar-refractivity contribution in [1.29, 1.82) is 0 Å². The zero-order chi connectivity index (χ0) is 24.8. The number of alkyl carbamates (subject to hydrolysis) is 1. The summed E-state index contributed by atoms with van der Waals surface area (Å²) in [5.41, 5.74) is 3.71. The van der Waals surface area contributed by atoms with Crippen molar-refractivity contribution in [2.75, 3.05) is 19.7 Å². The average Bonchev–Trinajstić information content (AvgIpc) is 3.45. The second kappa shape index (κ2) is 10.9. The van der Waals surface area contributed by atoms with Crippen molar-refractivity contribution in [2.45, 2.75) is 63.3 Å². The third-order valence-corrected chi connectivity index (χ3v) is 7.45. The molecular weight excluding hydrogens is 444 g/mol. The Kier molecular flexibility index (Phi) is 7.73. The second-order valence-corrected chi connectivity index (χ2v) is 9.40. The molecule has 2 amide bonds. The van der Waals surface area contributed by atoms with Crippen LogP contribution in [0.25, 0.3) is 11.1 Å². The van der Waals surface area contributed by atoms with E-state index in [0.29, 0.717) is 38.8 Å². The summed E-state index contributed by atoms with van der Waals surface area (Å²) < 4.78 is 5.54. The predicted octanol–water partition coefficient (Wildman–Crippen LogP) is 4.94. The minimum Gasteiger partial charge on any atom is -0.479 e. The van der Waals surface area contributed by atoms with Crippen LogP contribution in [0.2, 0.25) is 0 Å². The zero-order valence-electron chi connectivity index (χ0n) is 20.3. The van der Waals surface area contributed by atoms with Crippen LogP contribution in [0.15, 0.2) is 48.5 Å². The molecule has 1 heterocycles. The number of hydrogen-bond donors (Lipinski definition) is 2. The number of unbranched alkanes of at least 4 members (excludes halogenated alkanes) is 2. The molecule has 4 rings (SSSR count). The van der Waals surface area contributed by atoms with Gasteiger partial charge in [-0.3, -0.25) is 4.79 Å². The first-order chi connectivity index (χ1) is 17.0. The molecule has 2 N–H and O–H groups in total. The Morgan fingerprint density at radius 1 is 1.03 bits per heavy atom. The van der Waals surface area contributed by atoms with E-state index in [2.05, 4.69) is 29.6 Å². The van der Waals surface area contributed by atoms with Crippen molar-refractivity contribution in [3.8, 4) is 11.1 Å². The maximum atomic E-state index is 12.6. The lowest BCUT2D eigenvalue weighted by atomic mass is 9.92. The summed E-state index contributed by atoms with van der Waals surface area (Å²) in [6.07, 6.45) is 3.75. The predicted molar refractivity (Wildman–Crippen MR) is 133 cm³/mol. The van der Waals surface area contributed by atoms with Crippen LogP contribution in [0.5, 0.6) is 0 Å². The molecule has 0 spiro atoms. The van der Waals surface area contributed by atoms with E-state index in [1.54, 1.807) is 4.90 Å². The van der Waals surface area contributed by atoms with Crippen molar-refractivity contribution in [2.24, 2.45) is 0 Å². The van der Waals surface area contributed by atoms with Crippen LogP contribution < -0.4 is 5.32 Å². The third kappa shape index (κ3) is 5.04. The molecule has 0 aromatic heterocycles. The number of carboxylic acid groups (broad SMARTS) is 1. The number of nitrogens with zero attached hydrogens (tertiary/aromatic N) is 1. The maximum absolute atomic E-state index is 12.6. The van der Waals surface area contributed by atoms with Gasteiger partial charge in [-0.2, -0.15) is 0 Å². The van der Waals surface area contributed by atoms with E-state index in [-0.39, 0.29) is 18.4 Å². The van der Waals surface area contributed by atoms with E-state index in [4.69, 9.17) is 4.74 Å². The Morgan fingerprint density at radius 2 is 1.69 bits per heavy atom. The molecule has 1 fully saturated rings. The van der Waals surface area contributed by atoms with Crippen LogP contribution >= 0.6 is 0 Å². The summed E-state index contributed by atoms with van der Waals surface area (Å²) >= 11 is 0. The summed E-state index contributed by atoms with van der Waals surface area (Å²) in [6.45, 7) is 3.10. The molecule has 7 nitrogen and oxygen atoms in total. The van der Waals surface area contributed by atoms with E-state index in [9.17, 15) is 19.5 Å². The number of rotatable bonds is 10. The van der Waals surface area contributed by atoms with E-state index in [1.165, 1.54) is 22.3 Å². The maximum Gasteiger partial charge on any atom is 0.407 e. The number of hydrogen-bond acceptors (Lipinski definition) is 4. The van der Waals surface area contributed by atoms with Crippen LogP contribution in [0.1, 0.15) is 68.9 Å². The molecule has 7 heteroatoms. The monoisotopic (exact) mass is 478 g/mol. The standard InChI is InChI=1S/C28H34N2O5/c1-2-28(26(32)33)16-10-18-30(28)25(31)15-4-3-9-17-29-27(34)35-19-24-22-13-7-5-11-20(22)21-12-6-8-14-23(21)24/h5-8,11-14,24H,2-4,9-10,15-19H2,1H3,(H,29,34)(H,32,33). The van der Waals surface area contributed by atoms with E-state index in [0.717, 1.165) is 19.3 Å². The minimum absolute atomic E-state index is 0.0331. The quantitative estimate of drug-likeness (QED) is 0.472. The number of amides is 2. The fraction of sp³-hybridized carbons (Fsp3) is 0.464. The number of benzene rings is 2. The Morgan fingerprint density at radius 3 is 2.31 bits per heavy atom. The molecule has 186 valence electrons. The molecule has 1 saturated heterocycles. The van der Waals surface area contributed by atoms with Gasteiger partial charge in [0.15, 0.2) is 0 Å². The lowest BCUT2D eigenvalue weighted by Crippen LogP contribution is -2.52. The number of nitrogens with one attached hydrogen (secondary N) is 1. The average molecular weight is 479 g/mol. The lowest BCUT2D eigenvalue weighted by molar-refractivity contribution is -0.156. The third-order valence-electron chi connectivity index (χ3n) is 7.45. The number of carboxylic acids is 1. The number of carbonyl (C=O) groups is 3. The minimum atomic E-state index is -1.04. The highest BCUT2D eigenvalue weighted by Gasteiger charge is 2.48. The normalized spacial score (nSPS) is 18.7. The van der Waals surface area contributed by atoms with E-state index >= 15 is 0 Å². The van der Waals surface area contributed by atoms with Crippen molar-refractivity contribution in [1.82, 2.24) is 10.2 Å². The molecular formula is C28H34N2O5. The molecule has 35 heavy (non-hydrogen) atoms. The van der Waals surface area contributed by atoms with Crippen molar-refractivity contribution in [3.63, 3.8) is 0 Å². The van der Waals surface area contributed by atoms with E-state index < -0.39 is 17.6 Å². The van der Waals surface area contributed by atoms with Crippen molar-refractivity contribution < 1.29 is 24.2 Å². The van der Waals surface area contributed by atoms with Crippen LogP contribution in [-0.4, -0.2) is 53.2 Å². The van der Waals surface area contributed by atoms with Crippen molar-refractivity contribution in [3.05, 3.63) is 59.7 Å². The Bertz CT molecular complexity index is 1040. The Balaban J connectivity index is 1.16.